The Morgan fingerprint density at radius 3 is 2.21 bits per heavy atom. The van der Waals surface area contributed by atoms with Gasteiger partial charge in [0, 0.05) is 7.11 Å². The van der Waals surface area contributed by atoms with E-state index in [4.69, 9.17) is 29.4 Å². The molecule has 2 rings (SSSR count). The number of aliphatic hydroxyl groups is 1. The molecule has 3 N–H and O–H groups in total. The van der Waals surface area contributed by atoms with Crippen LogP contribution in [0.5, 0.6) is 17.2 Å². The molecule has 0 fully saturated rings. The smallest absolute Gasteiger partial charge is 0.249 e. The van der Waals surface area contributed by atoms with Crippen LogP contribution < -0.4 is 19.9 Å². The van der Waals surface area contributed by atoms with Crippen LogP contribution in [0.25, 0.3) is 0 Å². The van der Waals surface area contributed by atoms with E-state index in [2.05, 4.69) is 0 Å². The lowest BCUT2D eigenvalue weighted by Crippen LogP contribution is -2.19. The predicted molar refractivity (Wildman–Crippen MR) is 102 cm³/mol. The van der Waals surface area contributed by atoms with Gasteiger partial charge in [-0.15, -0.1) is 0 Å². The average Bonchev–Trinajstić information content (AvgIpc) is 2.71. The molecule has 0 radical (unpaired) electrons. The Morgan fingerprint density at radius 1 is 1.07 bits per heavy atom. The summed E-state index contributed by atoms with van der Waals surface area (Å²) >= 11 is 0. The van der Waals surface area contributed by atoms with Gasteiger partial charge in [-0.05, 0) is 28.8 Å². The van der Waals surface area contributed by atoms with Crippen LogP contribution in [0.3, 0.4) is 0 Å². The second kappa shape index (κ2) is 9.93. The van der Waals surface area contributed by atoms with E-state index in [-0.39, 0.29) is 19.0 Å². The maximum Gasteiger partial charge on any atom is 0.249 e. The Bertz CT molecular complexity index is 797. The molecule has 0 heterocycles. The zero-order valence-corrected chi connectivity index (χ0v) is 16.4. The molecule has 0 saturated heterocycles. The number of hydrogen-bond acceptors (Lipinski definition) is 7. The summed E-state index contributed by atoms with van der Waals surface area (Å²) in [7, 11) is 5.96. The van der Waals surface area contributed by atoms with Gasteiger partial charge in [0.05, 0.1) is 33.5 Å². The Kier molecular flexibility index (Phi) is 7.62. The summed E-state index contributed by atoms with van der Waals surface area (Å²) in [6, 6.07) is 8.29. The molecule has 0 saturated carbocycles. The van der Waals surface area contributed by atoms with Gasteiger partial charge in [-0.3, -0.25) is 4.79 Å². The highest BCUT2D eigenvalue weighted by molar-refractivity contribution is 5.96. The van der Waals surface area contributed by atoms with Crippen molar-refractivity contribution >= 4 is 5.91 Å². The third kappa shape index (κ3) is 4.53. The normalized spacial score (nSPS) is 11.8. The number of benzene rings is 2. The number of amides is 1. The van der Waals surface area contributed by atoms with Gasteiger partial charge in [-0.2, -0.15) is 0 Å². The molecular weight excluding hydrogens is 366 g/mol. The number of primary amides is 1. The zero-order valence-electron chi connectivity index (χ0n) is 16.4. The monoisotopic (exact) mass is 391 g/mol. The number of methoxy groups -OCH3 is 4. The second-order valence-corrected chi connectivity index (χ2v) is 5.86. The molecular formula is C20H25NO7. The van der Waals surface area contributed by atoms with Crippen LogP contribution in [-0.4, -0.2) is 46.2 Å². The van der Waals surface area contributed by atoms with E-state index >= 15 is 0 Å². The van der Waals surface area contributed by atoms with Crippen molar-refractivity contribution < 1.29 is 33.6 Å². The number of rotatable bonds is 10. The number of nitrogens with two attached hydrogens (primary N) is 1. The van der Waals surface area contributed by atoms with E-state index in [0.29, 0.717) is 33.9 Å². The molecule has 8 heteroatoms. The molecule has 1 amide bonds. The summed E-state index contributed by atoms with van der Waals surface area (Å²) in [6.45, 7) is 0.180. The average molecular weight is 391 g/mol. The van der Waals surface area contributed by atoms with E-state index in [1.165, 1.54) is 28.4 Å². The van der Waals surface area contributed by atoms with E-state index in [1.54, 1.807) is 30.3 Å². The molecule has 152 valence electrons. The minimum Gasteiger partial charge on any atom is -0.493 e. The fourth-order valence-corrected chi connectivity index (χ4v) is 2.94. The van der Waals surface area contributed by atoms with Crippen molar-refractivity contribution in [3.63, 3.8) is 0 Å². The molecule has 2 aromatic carbocycles. The van der Waals surface area contributed by atoms with Crippen LogP contribution in [0.2, 0.25) is 0 Å². The van der Waals surface area contributed by atoms with E-state index in [1.807, 2.05) is 0 Å². The van der Waals surface area contributed by atoms with Crippen molar-refractivity contribution in [1.29, 1.82) is 0 Å². The van der Waals surface area contributed by atoms with Crippen LogP contribution in [-0.2, 0) is 16.1 Å². The zero-order chi connectivity index (χ0) is 20.7. The molecule has 1 atom stereocenters. The van der Waals surface area contributed by atoms with Crippen LogP contribution in [0.4, 0.5) is 0 Å². The van der Waals surface area contributed by atoms with Crippen LogP contribution in [0.15, 0.2) is 30.3 Å². The fraction of sp³-hybridized carbons (Fsp3) is 0.350. The maximum atomic E-state index is 12.1. The van der Waals surface area contributed by atoms with Gasteiger partial charge in [0.2, 0.25) is 11.7 Å². The van der Waals surface area contributed by atoms with Gasteiger partial charge < -0.3 is 34.5 Å². The summed E-state index contributed by atoms with van der Waals surface area (Å²) in [5.74, 6) is 0.503. The molecule has 0 aliphatic heterocycles. The Labute approximate surface area is 163 Å². The minimum absolute atomic E-state index is 0.0673. The van der Waals surface area contributed by atoms with E-state index in [9.17, 15) is 9.90 Å². The van der Waals surface area contributed by atoms with Crippen LogP contribution in [0, 0.1) is 0 Å². The lowest BCUT2D eigenvalue weighted by Gasteiger charge is -2.20. The highest BCUT2D eigenvalue weighted by Gasteiger charge is 2.23. The summed E-state index contributed by atoms with van der Waals surface area (Å²) in [5.41, 5.74) is 7.13. The van der Waals surface area contributed by atoms with Gasteiger partial charge in [0.1, 0.15) is 12.9 Å². The first-order valence-corrected chi connectivity index (χ1v) is 8.44. The van der Waals surface area contributed by atoms with E-state index in [0.717, 1.165) is 0 Å². The van der Waals surface area contributed by atoms with Crippen molar-refractivity contribution in [2.45, 2.75) is 12.7 Å². The Balaban J connectivity index is 2.53. The molecule has 0 aromatic heterocycles. The number of carbonyl (C=O) groups excluding carboxylic acids is 1. The van der Waals surface area contributed by atoms with Crippen molar-refractivity contribution in [3.05, 3.63) is 52.6 Å². The van der Waals surface area contributed by atoms with E-state index < -0.39 is 12.0 Å². The lowest BCUT2D eigenvalue weighted by molar-refractivity contribution is -0.0392. The summed E-state index contributed by atoms with van der Waals surface area (Å²) in [6.07, 6.45) is -1.15. The predicted octanol–water partition coefficient (Wildman–Crippen LogP) is 2.01. The molecule has 8 nitrogen and oxygen atoms in total. The number of carbonyl (C=O) groups is 1. The topological polar surface area (TPSA) is 109 Å². The summed E-state index contributed by atoms with van der Waals surface area (Å²) < 4.78 is 26.2. The highest BCUT2D eigenvalue weighted by atomic mass is 16.7. The van der Waals surface area contributed by atoms with Crippen molar-refractivity contribution in [2.24, 2.45) is 5.73 Å². The van der Waals surface area contributed by atoms with Crippen LogP contribution in [0.1, 0.15) is 33.2 Å². The third-order valence-electron chi connectivity index (χ3n) is 4.19. The fourth-order valence-electron chi connectivity index (χ4n) is 2.94. The quantitative estimate of drug-likeness (QED) is 0.471. The summed E-state index contributed by atoms with van der Waals surface area (Å²) in [5, 5.41) is 11.0. The number of hydrogen-bond donors (Lipinski definition) is 2. The Hall–Kier alpha value is -2.81. The molecule has 1 unspecified atom stereocenters. The lowest BCUT2D eigenvalue weighted by atomic mass is 9.92. The molecule has 0 aliphatic carbocycles. The van der Waals surface area contributed by atoms with Crippen molar-refractivity contribution in [1.82, 2.24) is 0 Å². The van der Waals surface area contributed by atoms with Crippen LogP contribution >= 0.6 is 0 Å². The molecule has 0 spiro atoms. The largest absolute Gasteiger partial charge is 0.493 e. The highest BCUT2D eigenvalue weighted by Crippen LogP contribution is 2.41. The number of aliphatic hydroxyl groups excluding tert-OH is 1. The SMILES string of the molecule is COCOCc1cccc(C(O)c2cc(OC)c(OC)c(OC)c2)c1C(N)=O. The number of ether oxygens (including phenoxy) is 5. The minimum atomic E-state index is -1.15. The van der Waals surface area contributed by atoms with Gasteiger partial charge in [0.25, 0.3) is 0 Å². The van der Waals surface area contributed by atoms with Gasteiger partial charge in [0.15, 0.2) is 11.5 Å². The van der Waals surface area contributed by atoms with Gasteiger partial charge in [-0.25, -0.2) is 0 Å². The first-order valence-electron chi connectivity index (χ1n) is 8.44. The van der Waals surface area contributed by atoms with Gasteiger partial charge in [-0.1, -0.05) is 18.2 Å². The van der Waals surface area contributed by atoms with Gasteiger partial charge >= 0.3 is 0 Å². The van der Waals surface area contributed by atoms with Crippen molar-refractivity contribution in [2.75, 3.05) is 35.2 Å². The standard InChI is InChI=1S/C20H25NO7/c1-24-11-28-10-12-6-5-7-14(17(12)20(21)23)18(22)13-8-15(25-2)19(27-4)16(9-13)26-3/h5-9,18,22H,10-11H2,1-4H3,(H2,21,23). The maximum absolute atomic E-state index is 12.1. The first kappa shape index (κ1) is 21.5. The molecule has 0 aliphatic rings. The molecule has 28 heavy (non-hydrogen) atoms. The molecule has 2 aromatic rings. The third-order valence-corrected chi connectivity index (χ3v) is 4.19. The molecule has 0 bridgehead atoms. The summed E-state index contributed by atoms with van der Waals surface area (Å²) in [4.78, 5) is 12.1. The van der Waals surface area contributed by atoms with Crippen molar-refractivity contribution in [3.8, 4) is 17.2 Å². The Morgan fingerprint density at radius 2 is 1.71 bits per heavy atom. The second-order valence-electron chi connectivity index (χ2n) is 5.86. The first-order chi connectivity index (χ1) is 13.5.